The molecule has 0 fully saturated rings. The number of fused-ring (bicyclic) bond motifs is 3. The molecule has 0 amide bonds. The molecule has 0 atom stereocenters. The summed E-state index contributed by atoms with van der Waals surface area (Å²) in [7, 11) is 1.00. The molecule has 3 heterocycles. The molecular formula is C28H22FeN3O4. The maximum atomic E-state index is 11.1. The Morgan fingerprint density at radius 1 is 0.444 bits per heavy atom. The minimum Gasteiger partial charge on any atom is -0.871 e. The first-order valence-corrected chi connectivity index (χ1v) is 10.6. The van der Waals surface area contributed by atoms with Gasteiger partial charge < -0.3 is 20.4 Å². The zero-order valence-corrected chi connectivity index (χ0v) is 20.4. The van der Waals surface area contributed by atoms with Crippen molar-refractivity contribution in [1.82, 2.24) is 15.0 Å². The SMILES string of the molecule is CO.[Fe+3].[O-]c1cccc2cccnc12.[O-]c1cccc2cccnc12.[O-]c1cccc2cccnc12. The van der Waals surface area contributed by atoms with Crippen molar-refractivity contribution in [2.24, 2.45) is 0 Å². The molecule has 0 aliphatic rings. The fourth-order valence-corrected chi connectivity index (χ4v) is 3.23. The molecule has 1 N–H and O–H groups in total. The van der Waals surface area contributed by atoms with Crippen LogP contribution >= 0.6 is 0 Å². The van der Waals surface area contributed by atoms with Crippen LogP contribution in [-0.2, 0) is 17.1 Å². The van der Waals surface area contributed by atoms with Crippen molar-refractivity contribution < 1.29 is 37.5 Å². The summed E-state index contributed by atoms with van der Waals surface area (Å²) in [4.78, 5) is 11.9. The van der Waals surface area contributed by atoms with Gasteiger partial charge in [-0.15, -0.1) is 0 Å². The Labute approximate surface area is 218 Å². The predicted molar refractivity (Wildman–Crippen MR) is 132 cm³/mol. The average Bonchev–Trinajstić information content (AvgIpc) is 2.92. The number of aliphatic hydroxyl groups is 1. The molecule has 0 spiro atoms. The fourth-order valence-electron chi connectivity index (χ4n) is 3.23. The van der Waals surface area contributed by atoms with Gasteiger partial charge in [0.15, 0.2) is 0 Å². The molecule has 0 aliphatic carbocycles. The number of hydrogen-bond acceptors (Lipinski definition) is 7. The van der Waals surface area contributed by atoms with Crippen molar-refractivity contribution >= 4 is 32.7 Å². The summed E-state index contributed by atoms with van der Waals surface area (Å²) in [5, 5.41) is 43.1. The predicted octanol–water partition coefficient (Wildman–Crippen LogP) is 3.53. The van der Waals surface area contributed by atoms with Gasteiger partial charge in [-0.1, -0.05) is 90.0 Å². The first-order chi connectivity index (χ1) is 17.1. The van der Waals surface area contributed by atoms with Crippen molar-refractivity contribution in [3.05, 3.63) is 110 Å². The van der Waals surface area contributed by atoms with E-state index in [0.717, 1.165) is 23.3 Å². The Morgan fingerprint density at radius 3 is 0.944 bits per heavy atom. The van der Waals surface area contributed by atoms with Crippen LogP contribution < -0.4 is 15.3 Å². The number of hydrogen-bond donors (Lipinski definition) is 1. The molecule has 3 aromatic heterocycles. The third-order valence-electron chi connectivity index (χ3n) is 4.79. The number of para-hydroxylation sites is 3. The minimum absolute atomic E-state index is 0. The van der Waals surface area contributed by atoms with Gasteiger partial charge in [0.2, 0.25) is 0 Å². The van der Waals surface area contributed by atoms with Crippen molar-refractivity contribution in [3.8, 4) is 17.2 Å². The van der Waals surface area contributed by atoms with Crippen molar-refractivity contribution in [1.29, 1.82) is 0 Å². The van der Waals surface area contributed by atoms with E-state index in [1.165, 1.54) is 18.2 Å². The second kappa shape index (κ2) is 14.2. The number of aromatic nitrogens is 3. The molecule has 6 rings (SSSR count). The molecule has 0 bridgehead atoms. The number of nitrogens with zero attached hydrogens (tertiary/aromatic N) is 3. The van der Waals surface area contributed by atoms with Gasteiger partial charge in [0.25, 0.3) is 0 Å². The minimum atomic E-state index is -0.0110. The zero-order valence-electron chi connectivity index (χ0n) is 19.3. The van der Waals surface area contributed by atoms with E-state index in [1.54, 1.807) is 36.8 Å². The Balaban J connectivity index is 0.000000181. The van der Waals surface area contributed by atoms with E-state index in [-0.39, 0.29) is 34.3 Å². The molecule has 36 heavy (non-hydrogen) atoms. The van der Waals surface area contributed by atoms with Crippen LogP contribution in [0.1, 0.15) is 0 Å². The quantitative estimate of drug-likeness (QED) is 0.304. The number of pyridine rings is 3. The van der Waals surface area contributed by atoms with Gasteiger partial charge in [-0.2, -0.15) is 0 Å². The topological polar surface area (TPSA) is 128 Å². The molecule has 0 saturated carbocycles. The van der Waals surface area contributed by atoms with Crippen molar-refractivity contribution in [2.45, 2.75) is 0 Å². The number of rotatable bonds is 0. The van der Waals surface area contributed by atoms with Crippen LogP contribution in [0.5, 0.6) is 17.2 Å². The first kappa shape index (κ1) is 28.0. The Hall–Kier alpha value is -4.23. The summed E-state index contributed by atoms with van der Waals surface area (Å²) in [5.74, 6) is -0.0331. The summed E-state index contributed by atoms with van der Waals surface area (Å²) < 4.78 is 0. The number of aliphatic hydroxyl groups excluding tert-OH is 1. The van der Waals surface area contributed by atoms with Crippen LogP contribution in [0.15, 0.2) is 110 Å². The van der Waals surface area contributed by atoms with E-state index in [9.17, 15) is 15.3 Å². The smallest absolute Gasteiger partial charge is 0.871 e. The zero-order chi connectivity index (χ0) is 25.0. The summed E-state index contributed by atoms with van der Waals surface area (Å²) in [6.45, 7) is 0. The molecule has 0 aliphatic heterocycles. The monoisotopic (exact) mass is 520 g/mol. The van der Waals surface area contributed by atoms with Crippen LogP contribution in [0.4, 0.5) is 0 Å². The third kappa shape index (κ3) is 7.13. The molecule has 8 heteroatoms. The van der Waals surface area contributed by atoms with Gasteiger partial charge in [0.05, 0.1) is 16.6 Å². The van der Waals surface area contributed by atoms with Gasteiger partial charge in [-0.25, -0.2) is 0 Å². The maximum Gasteiger partial charge on any atom is 3.00 e. The van der Waals surface area contributed by atoms with Crippen LogP contribution in [0.2, 0.25) is 0 Å². The summed E-state index contributed by atoms with van der Waals surface area (Å²) >= 11 is 0. The van der Waals surface area contributed by atoms with Gasteiger partial charge >= 0.3 is 17.1 Å². The molecule has 6 aromatic rings. The molecule has 7 nitrogen and oxygen atoms in total. The molecule has 1 radical (unpaired) electrons. The van der Waals surface area contributed by atoms with E-state index in [2.05, 4.69) is 15.0 Å². The van der Waals surface area contributed by atoms with Gasteiger partial charge in [0, 0.05) is 25.7 Å². The van der Waals surface area contributed by atoms with E-state index in [4.69, 9.17) is 5.11 Å². The summed E-state index contributed by atoms with van der Waals surface area (Å²) in [5.41, 5.74) is 1.65. The van der Waals surface area contributed by atoms with Crippen LogP contribution in [0.25, 0.3) is 32.7 Å². The van der Waals surface area contributed by atoms with Gasteiger partial charge in [-0.3, -0.25) is 15.0 Å². The van der Waals surface area contributed by atoms with Crippen LogP contribution in [0, 0.1) is 0 Å². The average molecular weight is 520 g/mol. The standard InChI is InChI=1S/3C9H7NO.CH4O.Fe/c3*11-8-5-1-3-7-4-2-6-10-9(7)8;1-2;/h3*1-6,11H;2H,1H3;/q;;;;+3/p-3. The van der Waals surface area contributed by atoms with Gasteiger partial charge in [0.1, 0.15) is 0 Å². The fraction of sp³-hybridized carbons (Fsp3) is 0.0357. The Bertz CT molecular complexity index is 1330. The van der Waals surface area contributed by atoms with Gasteiger partial charge in [-0.05, 0) is 34.4 Å². The van der Waals surface area contributed by atoms with E-state index in [1.807, 2.05) is 54.6 Å². The van der Waals surface area contributed by atoms with E-state index >= 15 is 0 Å². The second-order valence-electron chi connectivity index (χ2n) is 6.99. The normalized spacial score (nSPS) is 9.50. The number of benzene rings is 3. The van der Waals surface area contributed by atoms with Crippen LogP contribution in [0.3, 0.4) is 0 Å². The van der Waals surface area contributed by atoms with E-state index < -0.39 is 0 Å². The van der Waals surface area contributed by atoms with E-state index in [0.29, 0.717) is 16.6 Å². The van der Waals surface area contributed by atoms with Crippen molar-refractivity contribution in [3.63, 3.8) is 0 Å². The first-order valence-electron chi connectivity index (χ1n) is 10.6. The molecule has 181 valence electrons. The summed E-state index contributed by atoms with van der Waals surface area (Å²) in [6.07, 6.45) is 4.89. The molecule has 0 saturated heterocycles. The largest absolute Gasteiger partial charge is 3.00 e. The Morgan fingerprint density at radius 2 is 0.694 bits per heavy atom. The summed E-state index contributed by atoms with van der Waals surface area (Å²) in [6, 6.07) is 26.5. The van der Waals surface area contributed by atoms with Crippen LogP contribution in [-0.4, -0.2) is 27.2 Å². The second-order valence-corrected chi connectivity index (χ2v) is 6.99. The molecular weight excluding hydrogens is 498 g/mol. The van der Waals surface area contributed by atoms with Crippen molar-refractivity contribution in [2.75, 3.05) is 7.11 Å². The maximum absolute atomic E-state index is 11.1. The molecule has 0 unspecified atom stereocenters. The third-order valence-corrected chi connectivity index (χ3v) is 4.79. The molecule has 3 aromatic carbocycles. The Kier molecular flexibility index (Phi) is 11.1.